The lowest BCUT2D eigenvalue weighted by molar-refractivity contribution is 0.429. The fourth-order valence-corrected chi connectivity index (χ4v) is 2.98. The molecule has 0 aliphatic carbocycles. The van der Waals surface area contributed by atoms with Crippen molar-refractivity contribution in [3.05, 3.63) is 28.5 Å². The molecule has 0 fully saturated rings. The van der Waals surface area contributed by atoms with Gasteiger partial charge in [-0.2, -0.15) is 4.98 Å². The number of hydrogen-bond acceptors (Lipinski definition) is 6. The van der Waals surface area contributed by atoms with E-state index in [-0.39, 0.29) is 21.6 Å². The second-order valence-electron chi connectivity index (χ2n) is 3.87. The molecule has 19 heavy (non-hydrogen) atoms. The van der Waals surface area contributed by atoms with Crippen molar-refractivity contribution in [1.82, 2.24) is 10.1 Å². The van der Waals surface area contributed by atoms with Crippen LogP contribution >= 0.6 is 11.6 Å². The predicted octanol–water partition coefficient (Wildman–Crippen LogP) is 1.72. The van der Waals surface area contributed by atoms with Crippen LogP contribution in [0.4, 0.5) is 11.7 Å². The number of hydrogen-bond donors (Lipinski definition) is 2. The van der Waals surface area contributed by atoms with E-state index in [0.29, 0.717) is 11.4 Å². The van der Waals surface area contributed by atoms with Gasteiger partial charge in [0.05, 0.1) is 4.90 Å². The minimum Gasteiger partial charge on any atom is -0.398 e. The molecule has 0 aliphatic heterocycles. The zero-order valence-electron chi connectivity index (χ0n) is 10.1. The van der Waals surface area contributed by atoms with Crippen molar-refractivity contribution in [3.8, 4) is 0 Å². The molecule has 0 unspecified atom stereocenters. The summed E-state index contributed by atoms with van der Waals surface area (Å²) >= 11 is 5.81. The van der Waals surface area contributed by atoms with Gasteiger partial charge in [-0.15, -0.1) is 0 Å². The van der Waals surface area contributed by atoms with Crippen LogP contribution in [0, 0.1) is 13.8 Å². The van der Waals surface area contributed by atoms with Gasteiger partial charge in [-0.3, -0.25) is 0 Å². The topological polar surface area (TPSA) is 111 Å². The highest BCUT2D eigenvalue weighted by Crippen LogP contribution is 2.27. The first-order chi connectivity index (χ1) is 8.79. The molecule has 3 N–H and O–H groups in total. The number of aromatic nitrogens is 2. The van der Waals surface area contributed by atoms with Gasteiger partial charge in [0.25, 0.3) is 10.0 Å². The number of benzene rings is 1. The van der Waals surface area contributed by atoms with Crippen LogP contribution in [0.15, 0.2) is 21.6 Å². The van der Waals surface area contributed by atoms with Gasteiger partial charge in [0, 0.05) is 10.7 Å². The third-order valence-corrected chi connectivity index (χ3v) is 4.07. The first kappa shape index (κ1) is 13.6. The summed E-state index contributed by atoms with van der Waals surface area (Å²) in [5.74, 6) is 0.319. The summed E-state index contributed by atoms with van der Waals surface area (Å²) in [7, 11) is -3.89. The molecular formula is C10H11ClN4O3S. The number of aryl methyl sites for hydroxylation is 1. The van der Waals surface area contributed by atoms with E-state index in [1.54, 1.807) is 13.8 Å². The Labute approximate surface area is 114 Å². The fourth-order valence-electron chi connectivity index (χ4n) is 1.46. The molecule has 9 heteroatoms. The van der Waals surface area contributed by atoms with Gasteiger partial charge in [0.15, 0.2) is 5.82 Å². The van der Waals surface area contributed by atoms with Crippen LogP contribution < -0.4 is 10.5 Å². The normalized spacial score (nSPS) is 11.5. The zero-order valence-corrected chi connectivity index (χ0v) is 11.7. The van der Waals surface area contributed by atoms with Crippen LogP contribution in [-0.4, -0.2) is 18.6 Å². The summed E-state index contributed by atoms with van der Waals surface area (Å²) in [6, 6.07) is 2.57. The Kier molecular flexibility index (Phi) is 3.38. The number of rotatable bonds is 3. The van der Waals surface area contributed by atoms with E-state index in [1.165, 1.54) is 12.1 Å². The average Bonchev–Trinajstić information content (AvgIpc) is 2.68. The third-order valence-electron chi connectivity index (χ3n) is 2.40. The average molecular weight is 303 g/mol. The lowest BCUT2D eigenvalue weighted by atomic mass is 10.2. The largest absolute Gasteiger partial charge is 0.398 e. The molecule has 0 aliphatic rings. The Morgan fingerprint density at radius 1 is 1.37 bits per heavy atom. The van der Waals surface area contributed by atoms with Crippen molar-refractivity contribution < 1.29 is 12.9 Å². The molecule has 2 aromatic rings. The number of halogens is 1. The van der Waals surface area contributed by atoms with E-state index in [9.17, 15) is 8.42 Å². The van der Waals surface area contributed by atoms with Crippen LogP contribution in [0.25, 0.3) is 0 Å². The highest BCUT2D eigenvalue weighted by molar-refractivity contribution is 7.92. The Bertz CT molecular complexity index is 726. The number of nitrogens with two attached hydrogens (primary N) is 1. The number of anilines is 2. The second kappa shape index (κ2) is 4.71. The van der Waals surface area contributed by atoms with Crippen LogP contribution in [0.5, 0.6) is 0 Å². The molecule has 0 spiro atoms. The highest BCUT2D eigenvalue weighted by atomic mass is 35.5. The minimum absolute atomic E-state index is 0.0339. The van der Waals surface area contributed by atoms with Gasteiger partial charge in [0.1, 0.15) is 0 Å². The van der Waals surface area contributed by atoms with Crippen molar-refractivity contribution in [2.45, 2.75) is 18.7 Å². The second-order valence-corrected chi connectivity index (χ2v) is 5.96. The lowest BCUT2D eigenvalue weighted by Crippen LogP contribution is -2.15. The zero-order chi connectivity index (χ0) is 14.2. The summed E-state index contributed by atoms with van der Waals surface area (Å²) in [6.45, 7) is 3.16. The quantitative estimate of drug-likeness (QED) is 0.835. The SMILES string of the molecule is Cc1noc(NS(=O)(=O)c2cc(Cl)cc(N)c2C)n1. The number of nitrogen functional groups attached to an aromatic ring is 1. The fraction of sp³-hybridized carbons (Fsp3) is 0.200. The van der Waals surface area contributed by atoms with Crippen molar-refractivity contribution in [1.29, 1.82) is 0 Å². The monoisotopic (exact) mass is 302 g/mol. The number of nitrogens with one attached hydrogen (secondary N) is 1. The smallest absolute Gasteiger partial charge is 0.335 e. The molecule has 0 saturated heterocycles. The van der Waals surface area contributed by atoms with Gasteiger partial charge in [-0.1, -0.05) is 16.8 Å². The van der Waals surface area contributed by atoms with E-state index in [1.807, 2.05) is 0 Å². The maximum atomic E-state index is 12.2. The lowest BCUT2D eigenvalue weighted by Gasteiger charge is -2.10. The maximum Gasteiger partial charge on any atom is 0.335 e. The van der Waals surface area contributed by atoms with Crippen LogP contribution in [0.1, 0.15) is 11.4 Å². The van der Waals surface area contributed by atoms with Gasteiger partial charge in [-0.25, -0.2) is 13.1 Å². The maximum absolute atomic E-state index is 12.2. The molecule has 0 saturated carbocycles. The molecule has 0 atom stereocenters. The van der Waals surface area contributed by atoms with Gasteiger partial charge in [0.2, 0.25) is 0 Å². The van der Waals surface area contributed by atoms with E-state index < -0.39 is 10.0 Å². The predicted molar refractivity (Wildman–Crippen MR) is 70.4 cm³/mol. The minimum atomic E-state index is -3.89. The van der Waals surface area contributed by atoms with E-state index in [4.69, 9.17) is 21.9 Å². The van der Waals surface area contributed by atoms with Gasteiger partial charge in [-0.05, 0) is 31.5 Å². The summed E-state index contributed by atoms with van der Waals surface area (Å²) in [4.78, 5) is 3.73. The van der Waals surface area contributed by atoms with Crippen molar-refractivity contribution in [2.75, 3.05) is 10.5 Å². The first-order valence-electron chi connectivity index (χ1n) is 5.18. The summed E-state index contributed by atoms with van der Waals surface area (Å²) in [5.41, 5.74) is 6.37. The molecule has 7 nitrogen and oxygen atoms in total. The molecule has 1 heterocycles. The van der Waals surface area contributed by atoms with E-state index in [2.05, 4.69) is 14.9 Å². The molecule has 1 aromatic carbocycles. The van der Waals surface area contributed by atoms with E-state index in [0.717, 1.165) is 0 Å². The number of nitrogens with zero attached hydrogens (tertiary/aromatic N) is 2. The Balaban J connectivity index is 2.45. The standard InChI is InChI=1S/C10H11ClN4O3S/c1-5-8(12)3-7(11)4-9(5)19(16,17)15-10-13-6(2)14-18-10/h3-4H,12H2,1-2H3,(H,13,14,15). The Morgan fingerprint density at radius 2 is 2.05 bits per heavy atom. The Morgan fingerprint density at radius 3 is 2.63 bits per heavy atom. The summed E-state index contributed by atoms with van der Waals surface area (Å²) in [5, 5.41) is 3.72. The highest BCUT2D eigenvalue weighted by Gasteiger charge is 2.21. The molecule has 2 rings (SSSR count). The third kappa shape index (κ3) is 2.79. The van der Waals surface area contributed by atoms with Crippen LogP contribution in [0.3, 0.4) is 0 Å². The molecule has 0 bridgehead atoms. The molecule has 102 valence electrons. The van der Waals surface area contributed by atoms with Crippen molar-refractivity contribution >= 4 is 33.3 Å². The van der Waals surface area contributed by atoms with E-state index >= 15 is 0 Å². The Hall–Kier alpha value is -1.80. The molecule has 0 radical (unpaired) electrons. The molecule has 1 aromatic heterocycles. The summed E-state index contributed by atoms with van der Waals surface area (Å²) in [6.07, 6.45) is 0. The van der Waals surface area contributed by atoms with Crippen molar-refractivity contribution in [3.63, 3.8) is 0 Å². The van der Waals surface area contributed by atoms with Gasteiger partial charge >= 0.3 is 6.01 Å². The first-order valence-corrected chi connectivity index (χ1v) is 7.04. The van der Waals surface area contributed by atoms with Crippen LogP contribution in [0.2, 0.25) is 5.02 Å². The summed E-state index contributed by atoms with van der Waals surface area (Å²) < 4.78 is 31.2. The molecular weight excluding hydrogens is 292 g/mol. The van der Waals surface area contributed by atoms with Crippen LogP contribution in [-0.2, 0) is 10.0 Å². The molecule has 0 amide bonds. The number of sulfonamides is 1. The van der Waals surface area contributed by atoms with Gasteiger partial charge < -0.3 is 10.3 Å². The van der Waals surface area contributed by atoms with Crippen molar-refractivity contribution in [2.24, 2.45) is 0 Å².